The first-order valence-corrected chi connectivity index (χ1v) is 6.88. The van der Waals surface area contributed by atoms with Gasteiger partial charge in [-0.2, -0.15) is 0 Å². The van der Waals surface area contributed by atoms with Gasteiger partial charge in [0.25, 0.3) is 0 Å². The molecule has 0 amide bonds. The molecule has 2 atom stereocenters. The van der Waals surface area contributed by atoms with E-state index in [2.05, 4.69) is 0 Å². The lowest BCUT2D eigenvalue weighted by atomic mass is 10.2. The Morgan fingerprint density at radius 1 is 1.41 bits per heavy atom. The predicted molar refractivity (Wildman–Crippen MR) is 68.7 cm³/mol. The highest BCUT2D eigenvalue weighted by atomic mass is 35.5. The lowest BCUT2D eigenvalue weighted by molar-refractivity contribution is -0.126. The lowest BCUT2D eigenvalue weighted by Gasteiger charge is -2.26. The molecule has 2 unspecified atom stereocenters. The van der Waals surface area contributed by atoms with Gasteiger partial charge in [-0.1, -0.05) is 23.7 Å². The van der Waals surface area contributed by atoms with Crippen molar-refractivity contribution in [3.8, 4) is 0 Å². The van der Waals surface area contributed by atoms with Crippen LogP contribution in [0, 0.1) is 0 Å². The summed E-state index contributed by atoms with van der Waals surface area (Å²) in [4.78, 5) is 0.977. The van der Waals surface area contributed by atoms with E-state index < -0.39 is 6.10 Å². The molecule has 0 bridgehead atoms. The summed E-state index contributed by atoms with van der Waals surface area (Å²) >= 11 is 7.57. The van der Waals surface area contributed by atoms with Gasteiger partial charge in [-0.3, -0.25) is 0 Å². The van der Waals surface area contributed by atoms with Crippen molar-refractivity contribution in [2.45, 2.75) is 17.1 Å². The Morgan fingerprint density at radius 3 is 2.94 bits per heavy atom. The van der Waals surface area contributed by atoms with Gasteiger partial charge in [-0.05, 0) is 12.1 Å². The Labute approximate surface area is 110 Å². The average molecular weight is 275 g/mol. The van der Waals surface area contributed by atoms with E-state index in [1.807, 2.05) is 24.3 Å². The number of aliphatic hydroxyl groups is 1. The second-order valence-electron chi connectivity index (χ2n) is 3.79. The molecule has 1 saturated heterocycles. The number of rotatable bonds is 4. The minimum Gasteiger partial charge on any atom is -0.389 e. The van der Waals surface area contributed by atoms with Crippen molar-refractivity contribution < 1.29 is 14.6 Å². The monoisotopic (exact) mass is 274 g/mol. The topological polar surface area (TPSA) is 38.7 Å². The maximum absolute atomic E-state index is 9.96. The molecule has 0 radical (unpaired) electrons. The zero-order chi connectivity index (χ0) is 12.1. The molecule has 0 aliphatic carbocycles. The molecule has 5 heteroatoms. The van der Waals surface area contributed by atoms with E-state index in [1.54, 1.807) is 0 Å². The Bertz CT molecular complexity index is 355. The van der Waals surface area contributed by atoms with Gasteiger partial charge >= 0.3 is 0 Å². The molecule has 1 aliphatic rings. The zero-order valence-electron chi connectivity index (χ0n) is 9.34. The highest BCUT2D eigenvalue weighted by molar-refractivity contribution is 7.99. The maximum Gasteiger partial charge on any atom is 0.108 e. The van der Waals surface area contributed by atoms with Crippen molar-refractivity contribution in [1.82, 2.24) is 0 Å². The van der Waals surface area contributed by atoms with Crippen LogP contribution in [0.5, 0.6) is 0 Å². The molecule has 1 aliphatic heterocycles. The number of benzene rings is 1. The van der Waals surface area contributed by atoms with E-state index in [9.17, 15) is 5.11 Å². The fourth-order valence-electron chi connectivity index (χ4n) is 1.57. The molecule has 0 aromatic heterocycles. The van der Waals surface area contributed by atoms with Gasteiger partial charge < -0.3 is 14.6 Å². The first kappa shape index (κ1) is 13.2. The maximum atomic E-state index is 9.96. The van der Waals surface area contributed by atoms with Crippen LogP contribution < -0.4 is 0 Å². The fourth-order valence-corrected chi connectivity index (χ4v) is 2.82. The molecule has 1 fully saturated rings. The van der Waals surface area contributed by atoms with E-state index in [-0.39, 0.29) is 6.10 Å². The summed E-state index contributed by atoms with van der Waals surface area (Å²) in [5, 5.41) is 10.7. The minimum atomic E-state index is -0.531. The van der Waals surface area contributed by atoms with Crippen LogP contribution in [-0.4, -0.2) is 42.9 Å². The van der Waals surface area contributed by atoms with E-state index in [0.717, 1.165) is 4.90 Å². The van der Waals surface area contributed by atoms with E-state index in [0.29, 0.717) is 30.6 Å². The average Bonchev–Trinajstić information content (AvgIpc) is 2.38. The molecule has 0 spiro atoms. The number of ether oxygens (including phenoxy) is 2. The molecule has 17 heavy (non-hydrogen) atoms. The third-order valence-electron chi connectivity index (χ3n) is 2.52. The normalized spacial score (nSPS) is 22.4. The molecule has 1 aromatic rings. The SMILES string of the molecule is OC(CSc1ccccc1Cl)C1COCCO1. The summed E-state index contributed by atoms with van der Waals surface area (Å²) in [6.45, 7) is 1.63. The van der Waals surface area contributed by atoms with Gasteiger partial charge in [-0.25, -0.2) is 0 Å². The quantitative estimate of drug-likeness (QED) is 0.855. The highest BCUT2D eigenvalue weighted by Crippen LogP contribution is 2.27. The highest BCUT2D eigenvalue weighted by Gasteiger charge is 2.23. The predicted octanol–water partition coefficient (Wildman–Crippen LogP) is 2.21. The summed E-state index contributed by atoms with van der Waals surface area (Å²) in [6.07, 6.45) is -0.754. The molecule has 0 saturated carbocycles. The number of hydrogen-bond acceptors (Lipinski definition) is 4. The molecule has 1 aromatic carbocycles. The van der Waals surface area contributed by atoms with E-state index in [1.165, 1.54) is 11.8 Å². The van der Waals surface area contributed by atoms with Gasteiger partial charge in [0, 0.05) is 10.6 Å². The first-order valence-electron chi connectivity index (χ1n) is 5.52. The minimum absolute atomic E-state index is 0.223. The van der Waals surface area contributed by atoms with Crippen molar-refractivity contribution in [1.29, 1.82) is 0 Å². The second kappa shape index (κ2) is 6.61. The number of hydrogen-bond donors (Lipinski definition) is 1. The summed E-state index contributed by atoms with van der Waals surface area (Å²) in [5.41, 5.74) is 0. The van der Waals surface area contributed by atoms with E-state index in [4.69, 9.17) is 21.1 Å². The van der Waals surface area contributed by atoms with Gasteiger partial charge in [0.1, 0.15) is 6.10 Å². The molecule has 3 nitrogen and oxygen atoms in total. The molecular weight excluding hydrogens is 260 g/mol. The van der Waals surface area contributed by atoms with Crippen LogP contribution in [0.3, 0.4) is 0 Å². The first-order chi connectivity index (χ1) is 8.27. The molecule has 94 valence electrons. The summed E-state index contributed by atoms with van der Waals surface area (Å²) < 4.78 is 10.7. The van der Waals surface area contributed by atoms with Crippen molar-refractivity contribution in [2.24, 2.45) is 0 Å². The fraction of sp³-hybridized carbons (Fsp3) is 0.500. The van der Waals surface area contributed by atoms with Crippen molar-refractivity contribution >= 4 is 23.4 Å². The Balaban J connectivity index is 1.83. The van der Waals surface area contributed by atoms with Gasteiger partial charge in [0.15, 0.2) is 0 Å². The van der Waals surface area contributed by atoms with Crippen LogP contribution in [0.4, 0.5) is 0 Å². The van der Waals surface area contributed by atoms with Gasteiger partial charge in [-0.15, -0.1) is 11.8 Å². The van der Waals surface area contributed by atoms with Crippen LogP contribution in [0.1, 0.15) is 0 Å². The van der Waals surface area contributed by atoms with Crippen molar-refractivity contribution in [3.63, 3.8) is 0 Å². The third kappa shape index (κ3) is 3.86. The standard InChI is InChI=1S/C12H15ClO3S/c13-9-3-1-2-4-12(9)17-8-10(14)11-7-15-5-6-16-11/h1-4,10-11,14H,5-8H2. The van der Waals surface area contributed by atoms with E-state index >= 15 is 0 Å². The van der Waals surface area contributed by atoms with Gasteiger partial charge in [0.05, 0.1) is 30.9 Å². The second-order valence-corrected chi connectivity index (χ2v) is 5.26. The van der Waals surface area contributed by atoms with Crippen molar-refractivity contribution in [3.05, 3.63) is 29.3 Å². The Hall–Kier alpha value is -0.260. The Kier molecular flexibility index (Phi) is 5.13. The van der Waals surface area contributed by atoms with Crippen LogP contribution in [0.25, 0.3) is 0 Å². The molecule has 1 N–H and O–H groups in total. The lowest BCUT2D eigenvalue weighted by Crippen LogP contribution is -2.39. The number of aliphatic hydroxyl groups excluding tert-OH is 1. The Morgan fingerprint density at radius 2 is 2.24 bits per heavy atom. The van der Waals surface area contributed by atoms with Crippen LogP contribution >= 0.6 is 23.4 Å². The van der Waals surface area contributed by atoms with Crippen LogP contribution in [-0.2, 0) is 9.47 Å². The van der Waals surface area contributed by atoms with Crippen LogP contribution in [0.2, 0.25) is 5.02 Å². The van der Waals surface area contributed by atoms with Crippen LogP contribution in [0.15, 0.2) is 29.2 Å². The largest absolute Gasteiger partial charge is 0.389 e. The summed E-state index contributed by atoms with van der Waals surface area (Å²) in [7, 11) is 0. The molecular formula is C12H15ClO3S. The smallest absolute Gasteiger partial charge is 0.108 e. The van der Waals surface area contributed by atoms with Gasteiger partial charge in [0.2, 0.25) is 0 Å². The number of halogens is 1. The van der Waals surface area contributed by atoms with Crippen molar-refractivity contribution in [2.75, 3.05) is 25.6 Å². The molecule has 1 heterocycles. The number of thioether (sulfide) groups is 1. The molecule has 2 rings (SSSR count). The zero-order valence-corrected chi connectivity index (χ0v) is 10.9. The third-order valence-corrected chi connectivity index (χ3v) is 4.13. The summed E-state index contributed by atoms with van der Waals surface area (Å²) in [6, 6.07) is 7.61. The summed E-state index contributed by atoms with van der Waals surface area (Å²) in [5.74, 6) is 0.553.